The number of aromatic nitrogens is 3. The average molecular weight is 766 g/mol. The van der Waals surface area contributed by atoms with Gasteiger partial charge in [0.25, 0.3) is 0 Å². The summed E-state index contributed by atoms with van der Waals surface area (Å²) >= 11 is 0. The molecule has 0 unspecified atom stereocenters. The molecule has 0 amide bonds. The Morgan fingerprint density at radius 1 is 0.267 bits per heavy atom. The lowest BCUT2D eigenvalue weighted by Crippen LogP contribution is -2.00. The van der Waals surface area contributed by atoms with Gasteiger partial charge in [-0.1, -0.05) is 158 Å². The molecular weight excluding hydrogens is 735 g/mol. The Hall–Kier alpha value is -8.15. The van der Waals surface area contributed by atoms with E-state index in [0.717, 1.165) is 77.3 Å². The van der Waals surface area contributed by atoms with Crippen molar-refractivity contribution in [2.75, 3.05) is 0 Å². The van der Waals surface area contributed by atoms with E-state index in [-0.39, 0.29) is 0 Å². The van der Waals surface area contributed by atoms with Gasteiger partial charge >= 0.3 is 0 Å². The molecule has 0 spiro atoms. The lowest BCUT2D eigenvalue weighted by Gasteiger charge is -2.16. The normalized spacial score (nSPS) is 12.0. The molecule has 60 heavy (non-hydrogen) atoms. The van der Waals surface area contributed by atoms with Crippen LogP contribution in [-0.2, 0) is 0 Å². The fourth-order valence-corrected chi connectivity index (χ4v) is 9.44. The van der Waals surface area contributed by atoms with Crippen molar-refractivity contribution in [3.05, 3.63) is 188 Å². The molecule has 12 aromatic rings. The Kier molecular flexibility index (Phi) is 6.95. The highest BCUT2D eigenvalue weighted by atomic mass is 16.3. The summed E-state index contributed by atoms with van der Waals surface area (Å²) in [6.07, 6.45) is 0. The number of para-hydroxylation sites is 3. The van der Waals surface area contributed by atoms with E-state index in [2.05, 4.69) is 115 Å². The van der Waals surface area contributed by atoms with Gasteiger partial charge in [-0.05, 0) is 80.0 Å². The van der Waals surface area contributed by atoms with Crippen molar-refractivity contribution in [2.45, 2.75) is 0 Å². The number of hydrogen-bond donors (Lipinski definition) is 0. The molecule has 1 aliphatic rings. The van der Waals surface area contributed by atoms with Gasteiger partial charge in [0, 0.05) is 38.2 Å². The van der Waals surface area contributed by atoms with Crippen LogP contribution >= 0.6 is 0 Å². The first-order valence-corrected chi connectivity index (χ1v) is 20.2. The van der Waals surface area contributed by atoms with Crippen molar-refractivity contribution in [1.82, 2.24) is 15.0 Å². The molecule has 9 aromatic carbocycles. The molecule has 278 valence electrons. The van der Waals surface area contributed by atoms with E-state index >= 15 is 0 Å². The zero-order valence-electron chi connectivity index (χ0n) is 32.1. The zero-order chi connectivity index (χ0) is 39.3. The van der Waals surface area contributed by atoms with Gasteiger partial charge in [-0.25, -0.2) is 15.0 Å². The summed E-state index contributed by atoms with van der Waals surface area (Å²) in [5.74, 6) is 1.73. The molecule has 0 saturated carbocycles. The van der Waals surface area contributed by atoms with Crippen LogP contribution in [0.1, 0.15) is 0 Å². The third-order valence-electron chi connectivity index (χ3n) is 12.1. The third-order valence-corrected chi connectivity index (χ3v) is 12.1. The Bertz CT molecular complexity index is 3680. The van der Waals surface area contributed by atoms with Crippen molar-refractivity contribution in [1.29, 1.82) is 0 Å². The predicted octanol–water partition coefficient (Wildman–Crippen LogP) is 14.8. The predicted molar refractivity (Wildman–Crippen MR) is 243 cm³/mol. The molecule has 0 N–H and O–H groups in total. The topological polar surface area (TPSA) is 65.0 Å². The first kappa shape index (κ1) is 32.9. The average Bonchev–Trinajstić information content (AvgIpc) is 4.00. The van der Waals surface area contributed by atoms with E-state index in [4.69, 9.17) is 23.8 Å². The summed E-state index contributed by atoms with van der Waals surface area (Å²) in [6, 6.07) is 65.7. The highest BCUT2D eigenvalue weighted by Gasteiger charge is 2.25. The minimum absolute atomic E-state index is 0.554. The van der Waals surface area contributed by atoms with Crippen molar-refractivity contribution < 1.29 is 8.83 Å². The van der Waals surface area contributed by atoms with Crippen LogP contribution in [0.15, 0.2) is 197 Å². The number of fused-ring (bicyclic) bond motifs is 9. The van der Waals surface area contributed by atoms with E-state index in [9.17, 15) is 0 Å². The van der Waals surface area contributed by atoms with E-state index in [1.165, 1.54) is 38.6 Å². The van der Waals surface area contributed by atoms with Crippen LogP contribution in [0.3, 0.4) is 0 Å². The molecule has 0 aliphatic heterocycles. The van der Waals surface area contributed by atoms with Crippen molar-refractivity contribution in [3.63, 3.8) is 0 Å². The molecular formula is C55H31N3O2. The van der Waals surface area contributed by atoms with Crippen molar-refractivity contribution >= 4 is 54.6 Å². The van der Waals surface area contributed by atoms with Crippen LogP contribution in [-0.4, -0.2) is 15.0 Å². The quantitative estimate of drug-likeness (QED) is 0.175. The number of benzene rings is 9. The minimum Gasteiger partial charge on any atom is -0.456 e. The molecule has 0 bridgehead atoms. The molecule has 3 heterocycles. The first-order chi connectivity index (χ1) is 29.7. The SMILES string of the molecule is c1ccc(-c2nc(-c3ccc(-c4c(-c5ccc6c7c(cccc57)-c5ccccc5-6)ccc5oc6ccccc6c45)cc3)nc(-c3cccc4c3oc3ccccc34)n2)cc1. The first-order valence-electron chi connectivity index (χ1n) is 20.2. The molecule has 3 aromatic heterocycles. The van der Waals surface area contributed by atoms with Gasteiger partial charge in [0.2, 0.25) is 0 Å². The van der Waals surface area contributed by atoms with E-state index in [1.807, 2.05) is 72.8 Å². The Balaban J connectivity index is 1.01. The maximum Gasteiger partial charge on any atom is 0.167 e. The van der Waals surface area contributed by atoms with Crippen LogP contribution < -0.4 is 0 Å². The van der Waals surface area contributed by atoms with Gasteiger partial charge in [0.05, 0.1) is 5.56 Å². The fraction of sp³-hybridized carbons (Fsp3) is 0. The third kappa shape index (κ3) is 4.84. The van der Waals surface area contributed by atoms with Crippen LogP contribution in [0.25, 0.3) is 133 Å². The van der Waals surface area contributed by atoms with Gasteiger partial charge in [-0.2, -0.15) is 0 Å². The number of furan rings is 2. The van der Waals surface area contributed by atoms with Crippen LogP contribution in [0.5, 0.6) is 0 Å². The molecule has 1 aliphatic carbocycles. The molecule has 13 rings (SSSR count). The standard InChI is InChI=1S/C55H31N3O2/c1-2-12-33(13-3-1)53-56-54(58-55(57-53)45-21-11-20-43-38-16-6-8-22-46(38)60-52(43)45)34-26-24-32(25-27-34)49-41(30-31-48-51(49)44-17-7-9-23-47(44)59-48)37-28-29-42-36-15-5-4-14-35(36)39-18-10-19-40(37)50(39)42/h1-31H. The summed E-state index contributed by atoms with van der Waals surface area (Å²) in [7, 11) is 0. The van der Waals surface area contributed by atoms with Gasteiger partial charge in [-0.15, -0.1) is 0 Å². The van der Waals surface area contributed by atoms with Crippen molar-refractivity contribution in [2.24, 2.45) is 0 Å². The van der Waals surface area contributed by atoms with Crippen molar-refractivity contribution in [3.8, 4) is 78.7 Å². The number of nitrogens with zero attached hydrogens (tertiary/aromatic N) is 3. The zero-order valence-corrected chi connectivity index (χ0v) is 32.1. The van der Waals surface area contributed by atoms with Crippen LogP contribution in [0.4, 0.5) is 0 Å². The molecule has 5 heteroatoms. The smallest absolute Gasteiger partial charge is 0.167 e. The highest BCUT2D eigenvalue weighted by Crippen LogP contribution is 2.51. The van der Waals surface area contributed by atoms with Crippen LogP contribution in [0, 0.1) is 0 Å². The maximum atomic E-state index is 6.50. The molecule has 0 fully saturated rings. The van der Waals surface area contributed by atoms with Gasteiger partial charge in [-0.3, -0.25) is 0 Å². The number of rotatable bonds is 5. The van der Waals surface area contributed by atoms with Gasteiger partial charge in [0.15, 0.2) is 17.5 Å². The summed E-state index contributed by atoms with van der Waals surface area (Å²) < 4.78 is 13.0. The van der Waals surface area contributed by atoms with Gasteiger partial charge in [0.1, 0.15) is 22.3 Å². The Labute approximate surface area is 343 Å². The maximum absolute atomic E-state index is 6.50. The Morgan fingerprint density at radius 2 is 0.800 bits per heavy atom. The van der Waals surface area contributed by atoms with Gasteiger partial charge < -0.3 is 8.83 Å². The second-order valence-electron chi connectivity index (χ2n) is 15.4. The number of hydrogen-bond acceptors (Lipinski definition) is 5. The fourth-order valence-electron chi connectivity index (χ4n) is 9.44. The molecule has 0 atom stereocenters. The summed E-state index contributed by atoms with van der Waals surface area (Å²) in [4.78, 5) is 15.3. The molecule has 5 nitrogen and oxygen atoms in total. The monoisotopic (exact) mass is 765 g/mol. The van der Waals surface area contributed by atoms with Crippen LogP contribution in [0.2, 0.25) is 0 Å². The summed E-state index contributed by atoms with van der Waals surface area (Å²) in [5, 5.41) is 6.79. The van der Waals surface area contributed by atoms with E-state index < -0.39 is 0 Å². The summed E-state index contributed by atoms with van der Waals surface area (Å²) in [6.45, 7) is 0. The van der Waals surface area contributed by atoms with E-state index in [1.54, 1.807) is 0 Å². The lowest BCUT2D eigenvalue weighted by atomic mass is 9.87. The largest absolute Gasteiger partial charge is 0.456 e. The lowest BCUT2D eigenvalue weighted by molar-refractivity contribution is 0.669. The highest BCUT2D eigenvalue weighted by molar-refractivity contribution is 6.22. The Morgan fingerprint density at radius 3 is 1.58 bits per heavy atom. The van der Waals surface area contributed by atoms with E-state index in [0.29, 0.717) is 17.5 Å². The minimum atomic E-state index is 0.554. The summed E-state index contributed by atoms with van der Waals surface area (Å²) in [5.41, 5.74) is 15.6. The molecule has 0 radical (unpaired) electrons. The molecule has 0 saturated heterocycles. The second-order valence-corrected chi connectivity index (χ2v) is 15.4. The second kappa shape index (κ2) is 12.7.